The molecule has 0 aliphatic rings. The van der Waals surface area contributed by atoms with Gasteiger partial charge in [0.15, 0.2) is 11.5 Å². The van der Waals surface area contributed by atoms with Crippen LogP contribution >= 0.6 is 0 Å². The highest BCUT2D eigenvalue weighted by atomic mass is 16.5. The highest BCUT2D eigenvalue weighted by Crippen LogP contribution is 2.38. The zero-order valence-electron chi connectivity index (χ0n) is 21.5. The van der Waals surface area contributed by atoms with Gasteiger partial charge in [-0.3, -0.25) is 14.6 Å². The predicted octanol–water partition coefficient (Wildman–Crippen LogP) is 2.30. The van der Waals surface area contributed by atoms with Crippen LogP contribution in [0.2, 0.25) is 0 Å². The standard InChI is InChI=1S/C27H35N5O5/c1-4-18-16(13-31-27(35)20(28)15-33)8-7-9-21(18)32-26-17(10-25(29)34)14-30-22-12-24(37-6-3)23(36-5-2)11-19(22)26/h7-9,11-12,14,20,33H,4-6,10,13,15,28H2,1-3H3,(H2,29,34)(H,30,32)(H,31,35)/t20-/m1/s1. The van der Waals surface area contributed by atoms with Crippen LogP contribution in [0.5, 0.6) is 11.5 Å². The molecule has 1 aromatic heterocycles. The normalized spacial score (nSPS) is 11.7. The first-order chi connectivity index (χ1) is 17.8. The van der Waals surface area contributed by atoms with Crippen LogP contribution in [0.1, 0.15) is 37.5 Å². The zero-order chi connectivity index (χ0) is 26.9. The average molecular weight is 510 g/mol. The molecular formula is C27H35N5O5. The number of aliphatic hydroxyl groups is 1. The van der Waals surface area contributed by atoms with Gasteiger partial charge in [-0.05, 0) is 43.5 Å². The molecule has 0 aliphatic carbocycles. The van der Waals surface area contributed by atoms with Crippen LogP contribution in [-0.4, -0.2) is 47.8 Å². The van der Waals surface area contributed by atoms with Gasteiger partial charge in [0.2, 0.25) is 11.8 Å². The molecule has 2 aromatic carbocycles. The number of anilines is 2. The third-order valence-electron chi connectivity index (χ3n) is 5.85. The minimum Gasteiger partial charge on any atom is -0.490 e. The van der Waals surface area contributed by atoms with Crippen molar-refractivity contribution in [2.45, 2.75) is 46.2 Å². The minimum absolute atomic E-state index is 0.00128. The number of amides is 2. The van der Waals surface area contributed by atoms with Crippen molar-refractivity contribution in [2.75, 3.05) is 25.1 Å². The van der Waals surface area contributed by atoms with Gasteiger partial charge in [-0.25, -0.2) is 0 Å². The number of aromatic nitrogens is 1. The first-order valence-corrected chi connectivity index (χ1v) is 12.3. The number of benzene rings is 2. The molecule has 0 fully saturated rings. The molecule has 1 heterocycles. The fraction of sp³-hybridized carbons (Fsp3) is 0.370. The Hall–Kier alpha value is -3.89. The average Bonchev–Trinajstić information content (AvgIpc) is 2.88. The maximum Gasteiger partial charge on any atom is 0.239 e. The summed E-state index contributed by atoms with van der Waals surface area (Å²) in [6, 6.07) is 8.43. The number of hydrogen-bond acceptors (Lipinski definition) is 8. The van der Waals surface area contributed by atoms with E-state index in [0.29, 0.717) is 47.9 Å². The van der Waals surface area contributed by atoms with Crippen LogP contribution < -0.4 is 31.6 Å². The van der Waals surface area contributed by atoms with Gasteiger partial charge in [0, 0.05) is 35.4 Å². The molecule has 0 unspecified atom stereocenters. The largest absolute Gasteiger partial charge is 0.490 e. The number of rotatable bonds is 13. The van der Waals surface area contributed by atoms with E-state index in [1.807, 2.05) is 51.1 Å². The molecule has 7 N–H and O–H groups in total. The lowest BCUT2D eigenvalue weighted by Crippen LogP contribution is -2.42. The number of nitrogens with two attached hydrogens (primary N) is 2. The predicted molar refractivity (Wildman–Crippen MR) is 143 cm³/mol. The monoisotopic (exact) mass is 509 g/mol. The molecule has 1 atom stereocenters. The summed E-state index contributed by atoms with van der Waals surface area (Å²) < 4.78 is 11.6. The van der Waals surface area contributed by atoms with E-state index in [0.717, 1.165) is 22.2 Å². The molecule has 0 saturated carbocycles. The smallest absolute Gasteiger partial charge is 0.239 e. The first-order valence-electron chi connectivity index (χ1n) is 12.3. The lowest BCUT2D eigenvalue weighted by atomic mass is 10.0. The lowest BCUT2D eigenvalue weighted by Gasteiger charge is -2.20. The second-order valence-electron chi connectivity index (χ2n) is 8.41. The summed E-state index contributed by atoms with van der Waals surface area (Å²) in [5.41, 5.74) is 15.8. The molecule has 0 aliphatic heterocycles. The molecule has 0 saturated heterocycles. The molecule has 0 bridgehead atoms. The van der Waals surface area contributed by atoms with E-state index in [2.05, 4.69) is 15.6 Å². The van der Waals surface area contributed by atoms with Gasteiger partial charge in [0.05, 0.1) is 37.4 Å². The number of carbonyl (C=O) groups excluding carboxylic acids is 2. The topological polar surface area (TPSA) is 162 Å². The van der Waals surface area contributed by atoms with E-state index in [4.69, 9.17) is 26.0 Å². The van der Waals surface area contributed by atoms with Crippen molar-refractivity contribution in [3.63, 3.8) is 0 Å². The summed E-state index contributed by atoms with van der Waals surface area (Å²) in [5.74, 6) is 0.254. The van der Waals surface area contributed by atoms with Crippen molar-refractivity contribution in [1.29, 1.82) is 0 Å². The van der Waals surface area contributed by atoms with Gasteiger partial charge in [0.25, 0.3) is 0 Å². The Bertz CT molecular complexity index is 1260. The molecular weight excluding hydrogens is 474 g/mol. The number of nitrogens with zero attached hydrogens (tertiary/aromatic N) is 1. The maximum absolute atomic E-state index is 12.1. The number of primary amides is 1. The molecule has 3 aromatic rings. The number of fused-ring (bicyclic) bond motifs is 1. The van der Waals surface area contributed by atoms with Crippen molar-refractivity contribution in [1.82, 2.24) is 10.3 Å². The summed E-state index contributed by atoms with van der Waals surface area (Å²) in [4.78, 5) is 28.5. The van der Waals surface area contributed by atoms with Crippen LogP contribution in [0, 0.1) is 0 Å². The Morgan fingerprint density at radius 1 is 1.08 bits per heavy atom. The number of ether oxygens (including phenoxy) is 2. The van der Waals surface area contributed by atoms with Crippen molar-refractivity contribution in [2.24, 2.45) is 11.5 Å². The van der Waals surface area contributed by atoms with E-state index in [9.17, 15) is 9.59 Å². The maximum atomic E-state index is 12.1. The van der Waals surface area contributed by atoms with Crippen molar-refractivity contribution >= 4 is 34.1 Å². The molecule has 37 heavy (non-hydrogen) atoms. The van der Waals surface area contributed by atoms with Crippen LogP contribution in [0.3, 0.4) is 0 Å². The molecule has 3 rings (SSSR count). The minimum atomic E-state index is -0.980. The first kappa shape index (κ1) is 27.7. The second kappa shape index (κ2) is 12.9. The van der Waals surface area contributed by atoms with Crippen molar-refractivity contribution < 1.29 is 24.2 Å². The quantitative estimate of drug-likeness (QED) is 0.234. The van der Waals surface area contributed by atoms with E-state index in [-0.39, 0.29) is 13.0 Å². The summed E-state index contributed by atoms with van der Waals surface area (Å²) in [5, 5.41) is 16.2. The van der Waals surface area contributed by atoms with E-state index >= 15 is 0 Å². The van der Waals surface area contributed by atoms with Gasteiger partial charge in [-0.1, -0.05) is 19.1 Å². The van der Waals surface area contributed by atoms with Gasteiger partial charge in [-0.2, -0.15) is 0 Å². The Kier molecular flexibility index (Phi) is 9.64. The summed E-state index contributed by atoms with van der Waals surface area (Å²) in [7, 11) is 0. The molecule has 10 heteroatoms. The third kappa shape index (κ3) is 6.66. The van der Waals surface area contributed by atoms with Crippen molar-refractivity contribution in [3.8, 4) is 11.5 Å². The number of nitrogens with one attached hydrogen (secondary N) is 2. The van der Waals surface area contributed by atoms with Crippen LogP contribution in [-0.2, 0) is 29.0 Å². The Labute approximate surface area is 216 Å². The van der Waals surface area contributed by atoms with Crippen LogP contribution in [0.25, 0.3) is 10.9 Å². The van der Waals surface area contributed by atoms with Gasteiger partial charge in [0.1, 0.15) is 6.04 Å². The summed E-state index contributed by atoms with van der Waals surface area (Å²) in [6.45, 7) is 6.56. The van der Waals surface area contributed by atoms with E-state index in [1.54, 1.807) is 6.20 Å². The molecule has 10 nitrogen and oxygen atoms in total. The molecule has 2 amide bonds. The van der Waals surface area contributed by atoms with Crippen LogP contribution in [0.15, 0.2) is 36.5 Å². The summed E-state index contributed by atoms with van der Waals surface area (Å²) in [6.07, 6.45) is 2.31. The molecule has 0 spiro atoms. The second-order valence-corrected chi connectivity index (χ2v) is 8.41. The zero-order valence-corrected chi connectivity index (χ0v) is 21.5. The fourth-order valence-electron chi connectivity index (χ4n) is 4.11. The SMILES string of the molecule is CCOc1cc2ncc(CC(N)=O)c(Nc3cccc(CNC(=O)[C@H](N)CO)c3CC)c2cc1OCC. The van der Waals surface area contributed by atoms with Crippen LogP contribution in [0.4, 0.5) is 11.4 Å². The number of carbonyl (C=O) groups is 2. The number of aliphatic hydroxyl groups excluding tert-OH is 1. The lowest BCUT2D eigenvalue weighted by molar-refractivity contribution is -0.123. The number of hydrogen-bond donors (Lipinski definition) is 5. The highest BCUT2D eigenvalue weighted by molar-refractivity contribution is 5.98. The van der Waals surface area contributed by atoms with Gasteiger partial charge in [-0.15, -0.1) is 0 Å². The fourth-order valence-corrected chi connectivity index (χ4v) is 4.11. The van der Waals surface area contributed by atoms with Gasteiger partial charge >= 0.3 is 0 Å². The highest BCUT2D eigenvalue weighted by Gasteiger charge is 2.18. The van der Waals surface area contributed by atoms with Crippen molar-refractivity contribution in [3.05, 3.63) is 53.2 Å². The van der Waals surface area contributed by atoms with E-state index in [1.165, 1.54) is 0 Å². The third-order valence-corrected chi connectivity index (χ3v) is 5.85. The molecule has 198 valence electrons. The number of pyridine rings is 1. The Balaban J connectivity index is 2.10. The Morgan fingerprint density at radius 3 is 2.41 bits per heavy atom. The van der Waals surface area contributed by atoms with Gasteiger partial charge < -0.3 is 36.7 Å². The molecule has 0 radical (unpaired) electrons. The van der Waals surface area contributed by atoms with E-state index < -0.39 is 24.5 Å². The Morgan fingerprint density at radius 2 is 1.78 bits per heavy atom. The summed E-state index contributed by atoms with van der Waals surface area (Å²) >= 11 is 0.